The molecule has 0 saturated carbocycles. The average molecular weight is 235 g/mol. The summed E-state index contributed by atoms with van der Waals surface area (Å²) in [5, 5.41) is 0. The molecular weight excluding hydrogens is 214 g/mol. The zero-order valence-corrected chi connectivity index (χ0v) is 10.5. The Bertz CT molecular complexity index is 379. The lowest BCUT2D eigenvalue weighted by Gasteiger charge is -2.10. The summed E-state index contributed by atoms with van der Waals surface area (Å²) in [6.45, 7) is 0.750. The van der Waals surface area contributed by atoms with Crippen molar-refractivity contribution in [2.45, 2.75) is 44.9 Å². The Balaban J connectivity index is 2.14. The van der Waals surface area contributed by atoms with Gasteiger partial charge in [0.05, 0.1) is 0 Å². The molecule has 94 valence electrons. The van der Waals surface area contributed by atoms with Crippen molar-refractivity contribution in [2.75, 3.05) is 19.5 Å². The van der Waals surface area contributed by atoms with Gasteiger partial charge in [-0.2, -0.15) is 0 Å². The fourth-order valence-electron chi connectivity index (χ4n) is 2.34. The van der Waals surface area contributed by atoms with E-state index in [1.54, 1.807) is 7.11 Å². The Morgan fingerprint density at radius 1 is 1.18 bits per heavy atom. The molecule has 0 amide bonds. The molecular formula is C13H21N3O. The number of hydrogen-bond acceptors (Lipinski definition) is 4. The minimum atomic E-state index is 0.698. The maximum absolute atomic E-state index is 6.03. The highest BCUT2D eigenvalue weighted by molar-refractivity contribution is 5.43. The molecule has 0 atom stereocenters. The largest absolute Gasteiger partial charge is 0.385 e. The number of aryl methyl sites for hydroxylation is 2. The quantitative estimate of drug-likeness (QED) is 0.639. The number of ether oxygens (including phenoxy) is 1. The van der Waals surface area contributed by atoms with Gasteiger partial charge in [0.1, 0.15) is 11.6 Å². The number of hydrogen-bond donors (Lipinski definition) is 1. The summed E-state index contributed by atoms with van der Waals surface area (Å²) in [5.41, 5.74) is 8.41. The lowest BCUT2D eigenvalue weighted by molar-refractivity contribution is 0.194. The second kappa shape index (κ2) is 5.96. The van der Waals surface area contributed by atoms with Gasteiger partial charge in [-0.1, -0.05) is 6.42 Å². The molecule has 1 heterocycles. The lowest BCUT2D eigenvalue weighted by Crippen LogP contribution is -2.09. The van der Waals surface area contributed by atoms with E-state index in [1.807, 2.05) is 0 Å². The number of anilines is 1. The molecule has 0 bridgehead atoms. The molecule has 0 spiro atoms. The number of methoxy groups -OCH3 is 1. The predicted octanol–water partition coefficient (Wildman–Crippen LogP) is 1.91. The zero-order chi connectivity index (χ0) is 12.1. The van der Waals surface area contributed by atoms with Crippen LogP contribution in [0.25, 0.3) is 0 Å². The van der Waals surface area contributed by atoms with Crippen LogP contribution in [0.1, 0.15) is 42.8 Å². The first-order valence-electron chi connectivity index (χ1n) is 6.44. The molecule has 0 saturated heterocycles. The van der Waals surface area contributed by atoms with Crippen LogP contribution in [0.5, 0.6) is 0 Å². The fourth-order valence-corrected chi connectivity index (χ4v) is 2.34. The molecule has 0 radical (unpaired) electrons. The SMILES string of the molecule is COCCCc1nc(N)c2c(n1)CCCCC2. The molecule has 2 rings (SSSR count). The molecule has 0 unspecified atom stereocenters. The molecule has 0 aromatic carbocycles. The number of aromatic nitrogens is 2. The Labute approximate surface area is 103 Å². The van der Waals surface area contributed by atoms with Crippen LogP contribution >= 0.6 is 0 Å². The van der Waals surface area contributed by atoms with Gasteiger partial charge >= 0.3 is 0 Å². The van der Waals surface area contributed by atoms with Crippen LogP contribution in [0.4, 0.5) is 5.82 Å². The Hall–Kier alpha value is -1.16. The van der Waals surface area contributed by atoms with E-state index in [2.05, 4.69) is 9.97 Å². The summed E-state index contributed by atoms with van der Waals surface area (Å²) in [6.07, 6.45) is 7.61. The number of nitrogens with two attached hydrogens (primary N) is 1. The van der Waals surface area contributed by atoms with Crippen LogP contribution < -0.4 is 5.73 Å². The topological polar surface area (TPSA) is 61.0 Å². The highest BCUT2D eigenvalue weighted by Gasteiger charge is 2.14. The van der Waals surface area contributed by atoms with E-state index in [1.165, 1.54) is 30.5 Å². The first kappa shape index (κ1) is 12.3. The van der Waals surface area contributed by atoms with Crippen LogP contribution in [-0.2, 0) is 24.0 Å². The van der Waals surface area contributed by atoms with Crippen molar-refractivity contribution in [2.24, 2.45) is 0 Å². The van der Waals surface area contributed by atoms with Gasteiger partial charge in [-0.15, -0.1) is 0 Å². The van der Waals surface area contributed by atoms with Crippen LogP contribution in [0.2, 0.25) is 0 Å². The van der Waals surface area contributed by atoms with Crippen LogP contribution in [0, 0.1) is 0 Å². The summed E-state index contributed by atoms with van der Waals surface area (Å²) < 4.78 is 5.04. The Morgan fingerprint density at radius 3 is 2.82 bits per heavy atom. The van der Waals surface area contributed by atoms with Gasteiger partial charge in [-0.05, 0) is 32.1 Å². The monoisotopic (exact) mass is 235 g/mol. The molecule has 2 N–H and O–H groups in total. The second-order valence-electron chi connectivity index (χ2n) is 4.61. The average Bonchev–Trinajstić information content (AvgIpc) is 2.55. The first-order chi connectivity index (χ1) is 8.31. The third-order valence-electron chi connectivity index (χ3n) is 3.26. The van der Waals surface area contributed by atoms with E-state index in [0.29, 0.717) is 5.82 Å². The summed E-state index contributed by atoms with van der Waals surface area (Å²) in [5.74, 6) is 1.57. The highest BCUT2D eigenvalue weighted by atomic mass is 16.5. The zero-order valence-electron chi connectivity index (χ0n) is 10.5. The Morgan fingerprint density at radius 2 is 2.00 bits per heavy atom. The third kappa shape index (κ3) is 3.16. The van der Waals surface area contributed by atoms with E-state index >= 15 is 0 Å². The summed E-state index contributed by atoms with van der Waals surface area (Å²) in [6, 6.07) is 0. The lowest BCUT2D eigenvalue weighted by atomic mass is 10.1. The molecule has 1 aromatic heterocycles. The van der Waals surface area contributed by atoms with Crippen molar-refractivity contribution in [1.29, 1.82) is 0 Å². The molecule has 4 nitrogen and oxygen atoms in total. The number of nitrogens with zero attached hydrogens (tertiary/aromatic N) is 2. The van der Waals surface area contributed by atoms with Gasteiger partial charge in [-0.25, -0.2) is 9.97 Å². The summed E-state index contributed by atoms with van der Waals surface area (Å²) >= 11 is 0. The van der Waals surface area contributed by atoms with Crippen molar-refractivity contribution >= 4 is 5.82 Å². The summed E-state index contributed by atoms with van der Waals surface area (Å²) in [7, 11) is 1.71. The Kier molecular flexibility index (Phi) is 4.31. The van der Waals surface area contributed by atoms with Gasteiger partial charge in [-0.3, -0.25) is 0 Å². The smallest absolute Gasteiger partial charge is 0.131 e. The van der Waals surface area contributed by atoms with Crippen molar-refractivity contribution < 1.29 is 4.74 Å². The van der Waals surface area contributed by atoms with E-state index in [9.17, 15) is 0 Å². The van der Waals surface area contributed by atoms with Gasteiger partial charge < -0.3 is 10.5 Å². The van der Waals surface area contributed by atoms with E-state index in [4.69, 9.17) is 10.5 Å². The van der Waals surface area contributed by atoms with Gasteiger partial charge in [0.25, 0.3) is 0 Å². The van der Waals surface area contributed by atoms with Gasteiger partial charge in [0.2, 0.25) is 0 Å². The molecule has 0 fully saturated rings. The van der Waals surface area contributed by atoms with Crippen LogP contribution in [0.3, 0.4) is 0 Å². The van der Waals surface area contributed by atoms with Crippen molar-refractivity contribution in [3.63, 3.8) is 0 Å². The molecule has 1 aliphatic rings. The standard InChI is InChI=1S/C13H21N3O/c1-17-9-5-8-12-15-11-7-4-2-3-6-10(11)13(14)16-12/h2-9H2,1H3,(H2,14,15,16). The first-order valence-corrected chi connectivity index (χ1v) is 6.44. The van der Waals surface area contributed by atoms with E-state index < -0.39 is 0 Å². The van der Waals surface area contributed by atoms with E-state index in [0.717, 1.165) is 38.1 Å². The maximum atomic E-state index is 6.03. The van der Waals surface area contributed by atoms with Gasteiger partial charge in [0.15, 0.2) is 0 Å². The predicted molar refractivity (Wildman–Crippen MR) is 67.9 cm³/mol. The minimum Gasteiger partial charge on any atom is -0.385 e. The minimum absolute atomic E-state index is 0.698. The van der Waals surface area contributed by atoms with Gasteiger partial charge in [0, 0.05) is 31.4 Å². The number of fused-ring (bicyclic) bond motifs is 1. The molecule has 17 heavy (non-hydrogen) atoms. The highest BCUT2D eigenvalue weighted by Crippen LogP contribution is 2.23. The summed E-state index contributed by atoms with van der Waals surface area (Å²) in [4.78, 5) is 9.07. The van der Waals surface area contributed by atoms with Crippen molar-refractivity contribution in [3.05, 3.63) is 17.1 Å². The second-order valence-corrected chi connectivity index (χ2v) is 4.61. The normalized spacial score (nSPS) is 15.4. The van der Waals surface area contributed by atoms with Crippen molar-refractivity contribution in [1.82, 2.24) is 9.97 Å². The third-order valence-corrected chi connectivity index (χ3v) is 3.26. The van der Waals surface area contributed by atoms with Crippen LogP contribution in [-0.4, -0.2) is 23.7 Å². The molecule has 0 aliphatic heterocycles. The molecule has 4 heteroatoms. The van der Waals surface area contributed by atoms with Crippen LogP contribution in [0.15, 0.2) is 0 Å². The van der Waals surface area contributed by atoms with Crippen molar-refractivity contribution in [3.8, 4) is 0 Å². The number of rotatable bonds is 4. The van der Waals surface area contributed by atoms with E-state index in [-0.39, 0.29) is 0 Å². The number of nitrogen functional groups attached to an aromatic ring is 1. The fraction of sp³-hybridized carbons (Fsp3) is 0.692. The molecule has 1 aliphatic carbocycles. The maximum Gasteiger partial charge on any atom is 0.131 e. The molecule has 1 aromatic rings.